The summed E-state index contributed by atoms with van der Waals surface area (Å²) >= 11 is 2.12. The van der Waals surface area contributed by atoms with Gasteiger partial charge in [0.2, 0.25) is 0 Å². The Morgan fingerprint density at radius 1 is 1.19 bits per heavy atom. The van der Waals surface area contributed by atoms with Crippen molar-refractivity contribution >= 4 is 11.8 Å². The lowest BCUT2D eigenvalue weighted by Gasteiger charge is -2.32. The molecule has 1 saturated carbocycles. The van der Waals surface area contributed by atoms with E-state index in [0.717, 1.165) is 5.92 Å². The molecule has 1 N–H and O–H groups in total. The molecule has 2 fully saturated rings. The second-order valence-corrected chi connectivity index (χ2v) is 6.55. The van der Waals surface area contributed by atoms with Crippen LogP contribution in [0.1, 0.15) is 39.5 Å². The van der Waals surface area contributed by atoms with E-state index in [-0.39, 0.29) is 0 Å². The van der Waals surface area contributed by atoms with E-state index in [2.05, 4.69) is 30.9 Å². The average Bonchev–Trinajstić information content (AvgIpc) is 2.99. The summed E-state index contributed by atoms with van der Waals surface area (Å²) in [6.45, 7) is 5.54. The van der Waals surface area contributed by atoms with Gasteiger partial charge in [0, 0.05) is 18.3 Å². The van der Waals surface area contributed by atoms with Crippen molar-refractivity contribution in [3.63, 3.8) is 0 Å². The topological polar surface area (TPSA) is 21.3 Å². The molecule has 0 aromatic carbocycles. The molecular weight excluding hydrogens is 218 g/mol. The maximum atomic E-state index is 5.74. The van der Waals surface area contributed by atoms with Crippen LogP contribution in [0.15, 0.2) is 0 Å². The molecule has 0 aromatic heterocycles. The summed E-state index contributed by atoms with van der Waals surface area (Å²) in [6.07, 6.45) is 6.18. The van der Waals surface area contributed by atoms with Gasteiger partial charge in [0.15, 0.2) is 0 Å². The van der Waals surface area contributed by atoms with Crippen LogP contribution >= 0.6 is 11.8 Å². The van der Waals surface area contributed by atoms with Crippen molar-refractivity contribution in [3.8, 4) is 0 Å². The van der Waals surface area contributed by atoms with E-state index in [1.54, 1.807) is 0 Å². The van der Waals surface area contributed by atoms with Gasteiger partial charge in [-0.3, -0.25) is 0 Å². The minimum absolute atomic E-state index is 0.431. The van der Waals surface area contributed by atoms with Gasteiger partial charge in [-0.25, -0.2) is 0 Å². The van der Waals surface area contributed by atoms with E-state index >= 15 is 0 Å². The van der Waals surface area contributed by atoms with Crippen LogP contribution in [0.4, 0.5) is 0 Å². The molecule has 2 aliphatic rings. The maximum absolute atomic E-state index is 5.74. The number of ether oxygens (including phenoxy) is 1. The largest absolute Gasteiger partial charge is 0.375 e. The fourth-order valence-electron chi connectivity index (χ4n) is 2.44. The summed E-state index contributed by atoms with van der Waals surface area (Å²) in [5.41, 5.74) is 0. The first-order chi connectivity index (χ1) is 7.74. The molecule has 0 unspecified atom stereocenters. The van der Waals surface area contributed by atoms with Crippen LogP contribution in [0, 0.1) is 5.92 Å². The van der Waals surface area contributed by atoms with Gasteiger partial charge in [0.05, 0.1) is 12.2 Å². The number of thioether (sulfide) groups is 1. The molecular formula is C13H25NOS. The van der Waals surface area contributed by atoms with Crippen molar-refractivity contribution in [1.29, 1.82) is 0 Å². The quantitative estimate of drug-likeness (QED) is 0.725. The Labute approximate surface area is 104 Å². The smallest absolute Gasteiger partial charge is 0.0565 e. The van der Waals surface area contributed by atoms with E-state index in [1.165, 1.54) is 43.7 Å². The second kappa shape index (κ2) is 6.27. The zero-order chi connectivity index (χ0) is 11.4. The summed E-state index contributed by atoms with van der Waals surface area (Å²) in [7, 11) is 0. The molecule has 0 amide bonds. The van der Waals surface area contributed by atoms with Crippen molar-refractivity contribution in [2.45, 2.75) is 57.8 Å². The highest BCUT2D eigenvalue weighted by Gasteiger charge is 2.24. The Morgan fingerprint density at radius 2 is 1.88 bits per heavy atom. The van der Waals surface area contributed by atoms with Crippen molar-refractivity contribution in [1.82, 2.24) is 5.32 Å². The summed E-state index contributed by atoms with van der Waals surface area (Å²) in [5, 5.41) is 3.68. The van der Waals surface area contributed by atoms with E-state index in [4.69, 9.17) is 4.74 Å². The highest BCUT2D eigenvalue weighted by molar-refractivity contribution is 7.99. The van der Waals surface area contributed by atoms with Crippen molar-refractivity contribution < 1.29 is 4.74 Å². The number of rotatable bonds is 6. The van der Waals surface area contributed by atoms with E-state index in [0.29, 0.717) is 18.2 Å². The second-order valence-electron chi connectivity index (χ2n) is 5.40. The number of nitrogens with one attached hydrogen (secondary N) is 1. The minimum Gasteiger partial charge on any atom is -0.375 e. The van der Waals surface area contributed by atoms with Crippen LogP contribution < -0.4 is 5.32 Å². The monoisotopic (exact) mass is 243 g/mol. The molecule has 94 valence electrons. The third-order valence-electron chi connectivity index (χ3n) is 3.43. The molecule has 2 atom stereocenters. The third kappa shape index (κ3) is 4.64. The van der Waals surface area contributed by atoms with Crippen LogP contribution in [-0.4, -0.2) is 36.3 Å². The van der Waals surface area contributed by atoms with Gasteiger partial charge >= 0.3 is 0 Å². The molecule has 0 spiro atoms. The van der Waals surface area contributed by atoms with Crippen LogP contribution in [-0.2, 0) is 4.74 Å². The lowest BCUT2D eigenvalue weighted by molar-refractivity contribution is -0.0417. The zero-order valence-electron chi connectivity index (χ0n) is 10.6. The Morgan fingerprint density at radius 3 is 2.50 bits per heavy atom. The Bertz CT molecular complexity index is 198. The number of hydrogen-bond acceptors (Lipinski definition) is 3. The lowest BCUT2D eigenvalue weighted by atomic mass is 10.00. The van der Waals surface area contributed by atoms with Gasteiger partial charge in [0.25, 0.3) is 0 Å². The maximum Gasteiger partial charge on any atom is 0.0565 e. The minimum atomic E-state index is 0.431. The van der Waals surface area contributed by atoms with Gasteiger partial charge in [-0.2, -0.15) is 11.8 Å². The average molecular weight is 243 g/mol. The first-order valence-electron chi connectivity index (χ1n) is 6.70. The van der Waals surface area contributed by atoms with E-state index < -0.39 is 0 Å². The molecule has 0 radical (unpaired) electrons. The molecule has 16 heavy (non-hydrogen) atoms. The summed E-state index contributed by atoms with van der Waals surface area (Å²) in [4.78, 5) is 0. The van der Waals surface area contributed by atoms with Gasteiger partial charge in [-0.1, -0.05) is 0 Å². The van der Waals surface area contributed by atoms with Crippen molar-refractivity contribution in [2.24, 2.45) is 5.92 Å². The molecule has 1 aliphatic heterocycles. The predicted molar refractivity (Wildman–Crippen MR) is 71.1 cm³/mol. The highest BCUT2D eigenvalue weighted by Crippen LogP contribution is 2.32. The van der Waals surface area contributed by atoms with Gasteiger partial charge in [-0.05, 0) is 51.2 Å². The Hall–Kier alpha value is 0.270. The summed E-state index contributed by atoms with van der Waals surface area (Å²) in [5.74, 6) is 3.73. The molecule has 0 aromatic rings. The normalized spacial score (nSPS) is 35.2. The zero-order valence-corrected chi connectivity index (χ0v) is 11.4. The van der Waals surface area contributed by atoms with Gasteiger partial charge in [-0.15, -0.1) is 0 Å². The molecule has 1 saturated heterocycles. The molecule has 3 heteroatoms. The fraction of sp³-hybridized carbons (Fsp3) is 1.00. The first kappa shape index (κ1) is 12.7. The standard InChI is InChI=1S/C13H25NOS/c1-10-7-13(8-11(2)15-10)14-5-6-16-9-12-3-4-12/h10-14H,3-9H2,1-2H3/t10-,11-/m0/s1. The Kier molecular flexibility index (Phi) is 4.98. The molecule has 1 heterocycles. The summed E-state index contributed by atoms with van der Waals surface area (Å²) in [6, 6.07) is 0.681. The van der Waals surface area contributed by atoms with Crippen LogP contribution in [0.25, 0.3) is 0 Å². The van der Waals surface area contributed by atoms with Gasteiger partial charge < -0.3 is 10.1 Å². The van der Waals surface area contributed by atoms with Crippen molar-refractivity contribution in [3.05, 3.63) is 0 Å². The van der Waals surface area contributed by atoms with Crippen LogP contribution in [0.3, 0.4) is 0 Å². The molecule has 2 nitrogen and oxygen atoms in total. The third-order valence-corrected chi connectivity index (χ3v) is 4.63. The van der Waals surface area contributed by atoms with Crippen LogP contribution in [0.2, 0.25) is 0 Å². The molecule has 1 aliphatic carbocycles. The predicted octanol–water partition coefficient (Wildman–Crippen LogP) is 2.68. The number of hydrogen-bond donors (Lipinski definition) is 1. The van der Waals surface area contributed by atoms with E-state index in [9.17, 15) is 0 Å². The summed E-state index contributed by atoms with van der Waals surface area (Å²) < 4.78 is 5.74. The van der Waals surface area contributed by atoms with E-state index in [1.807, 2.05) is 0 Å². The Balaban J connectivity index is 1.50. The molecule has 2 rings (SSSR count). The first-order valence-corrected chi connectivity index (χ1v) is 7.86. The van der Waals surface area contributed by atoms with Gasteiger partial charge in [0.1, 0.15) is 0 Å². The SMILES string of the molecule is C[C@H]1CC(NCCSCC2CC2)C[C@H](C)O1. The van der Waals surface area contributed by atoms with Crippen LogP contribution in [0.5, 0.6) is 0 Å². The lowest BCUT2D eigenvalue weighted by Crippen LogP contribution is -2.42. The van der Waals surface area contributed by atoms with Crippen molar-refractivity contribution in [2.75, 3.05) is 18.1 Å². The fourth-order valence-corrected chi connectivity index (χ4v) is 3.54. The highest BCUT2D eigenvalue weighted by atomic mass is 32.2. The molecule has 0 bridgehead atoms.